The third-order valence-electron chi connectivity index (χ3n) is 3.72. The number of nitrogens with one attached hydrogen (secondary N) is 1. The van der Waals surface area contributed by atoms with Crippen LogP contribution in [0.15, 0.2) is 12.4 Å². The summed E-state index contributed by atoms with van der Waals surface area (Å²) < 4.78 is 1.80. The molecule has 6 nitrogen and oxygen atoms in total. The summed E-state index contributed by atoms with van der Waals surface area (Å²) in [6.45, 7) is 4.64. The van der Waals surface area contributed by atoms with E-state index in [4.69, 9.17) is 0 Å². The van der Waals surface area contributed by atoms with Gasteiger partial charge < -0.3 is 10.2 Å². The van der Waals surface area contributed by atoms with E-state index < -0.39 is 0 Å². The molecule has 19 heavy (non-hydrogen) atoms. The maximum atomic E-state index is 12.3. The molecule has 2 heterocycles. The van der Waals surface area contributed by atoms with E-state index in [-0.39, 0.29) is 18.0 Å². The molecule has 0 bridgehead atoms. The topological polar surface area (TPSA) is 53.4 Å². The molecule has 6 heteroatoms. The summed E-state index contributed by atoms with van der Waals surface area (Å²) in [7, 11) is 5.53. The fraction of sp³-hybridized carbons (Fsp3) is 0.692. The SMILES string of the molecule is CC(c1cnn(C)c1)N1CCNCC1C(=O)N(C)C. The zero-order chi connectivity index (χ0) is 14.0. The second-order valence-electron chi connectivity index (χ2n) is 5.31. The Kier molecular flexibility index (Phi) is 4.21. The third-order valence-corrected chi connectivity index (χ3v) is 3.72. The van der Waals surface area contributed by atoms with E-state index in [9.17, 15) is 4.79 Å². The van der Waals surface area contributed by atoms with Gasteiger partial charge in [-0.05, 0) is 6.92 Å². The highest BCUT2D eigenvalue weighted by Crippen LogP contribution is 2.23. The van der Waals surface area contributed by atoms with Gasteiger partial charge >= 0.3 is 0 Å². The Morgan fingerprint density at radius 3 is 2.89 bits per heavy atom. The number of aryl methyl sites for hydroxylation is 1. The number of hydrogen-bond donors (Lipinski definition) is 1. The number of carbonyl (C=O) groups excluding carboxylic acids is 1. The lowest BCUT2D eigenvalue weighted by Crippen LogP contribution is -2.58. The van der Waals surface area contributed by atoms with Gasteiger partial charge in [0.15, 0.2) is 0 Å². The highest BCUT2D eigenvalue weighted by molar-refractivity contribution is 5.81. The van der Waals surface area contributed by atoms with E-state index >= 15 is 0 Å². The second kappa shape index (κ2) is 5.71. The predicted octanol–water partition coefficient (Wildman–Crippen LogP) is -0.157. The van der Waals surface area contributed by atoms with Crippen molar-refractivity contribution in [3.63, 3.8) is 0 Å². The maximum absolute atomic E-state index is 12.3. The standard InChI is InChI=1S/C13H23N5O/c1-10(11-7-15-17(4)9-11)18-6-5-14-8-12(18)13(19)16(2)3/h7,9-10,12,14H,5-6,8H2,1-4H3. The molecule has 1 N–H and O–H groups in total. The average molecular weight is 265 g/mol. The summed E-state index contributed by atoms with van der Waals surface area (Å²) in [5.74, 6) is 0.156. The van der Waals surface area contributed by atoms with E-state index in [0.717, 1.165) is 18.7 Å². The largest absolute Gasteiger partial charge is 0.347 e. The van der Waals surface area contributed by atoms with Gasteiger partial charge in [-0.2, -0.15) is 5.10 Å². The summed E-state index contributed by atoms with van der Waals surface area (Å²) in [4.78, 5) is 16.2. The number of likely N-dealkylation sites (N-methyl/N-ethyl adjacent to an activating group) is 1. The molecule has 1 fully saturated rings. The Hall–Kier alpha value is -1.40. The lowest BCUT2D eigenvalue weighted by molar-refractivity contribution is -0.136. The van der Waals surface area contributed by atoms with Gasteiger partial charge in [-0.1, -0.05) is 0 Å². The zero-order valence-corrected chi connectivity index (χ0v) is 12.1. The minimum atomic E-state index is -0.0982. The Bertz CT molecular complexity index is 442. The van der Waals surface area contributed by atoms with Crippen LogP contribution in [0.25, 0.3) is 0 Å². The number of rotatable bonds is 3. The van der Waals surface area contributed by atoms with Gasteiger partial charge in [0, 0.05) is 58.6 Å². The molecule has 2 rings (SSSR count). The van der Waals surface area contributed by atoms with Crippen LogP contribution in [-0.4, -0.2) is 65.3 Å². The zero-order valence-electron chi connectivity index (χ0n) is 12.1. The molecule has 2 atom stereocenters. The van der Waals surface area contributed by atoms with Crippen LogP contribution in [0.5, 0.6) is 0 Å². The second-order valence-corrected chi connectivity index (χ2v) is 5.31. The van der Waals surface area contributed by atoms with Crippen molar-refractivity contribution < 1.29 is 4.79 Å². The van der Waals surface area contributed by atoms with Crippen LogP contribution in [0, 0.1) is 0 Å². The van der Waals surface area contributed by atoms with Gasteiger partial charge in [0.25, 0.3) is 0 Å². The van der Waals surface area contributed by atoms with Crippen LogP contribution in [0.3, 0.4) is 0 Å². The number of amides is 1. The van der Waals surface area contributed by atoms with E-state index in [2.05, 4.69) is 22.2 Å². The Morgan fingerprint density at radius 2 is 2.32 bits per heavy atom. The molecule has 0 aromatic carbocycles. The molecular weight excluding hydrogens is 242 g/mol. The van der Waals surface area contributed by atoms with Crippen molar-refractivity contribution in [3.05, 3.63) is 18.0 Å². The number of aromatic nitrogens is 2. The van der Waals surface area contributed by atoms with Gasteiger partial charge in [-0.15, -0.1) is 0 Å². The molecule has 1 aromatic rings. The van der Waals surface area contributed by atoms with E-state index in [1.807, 2.05) is 33.5 Å². The lowest BCUT2D eigenvalue weighted by Gasteiger charge is -2.39. The van der Waals surface area contributed by atoms with Crippen LogP contribution < -0.4 is 5.32 Å². The van der Waals surface area contributed by atoms with Crippen molar-refractivity contribution in [2.75, 3.05) is 33.7 Å². The first-order valence-corrected chi connectivity index (χ1v) is 6.67. The highest BCUT2D eigenvalue weighted by Gasteiger charge is 2.33. The lowest BCUT2D eigenvalue weighted by atomic mass is 10.1. The van der Waals surface area contributed by atoms with Crippen LogP contribution in [0.1, 0.15) is 18.5 Å². The molecule has 0 spiro atoms. The number of nitrogens with zero attached hydrogens (tertiary/aromatic N) is 4. The molecule has 106 valence electrons. The summed E-state index contributed by atoms with van der Waals surface area (Å²) in [6, 6.07) is 0.101. The summed E-state index contributed by atoms with van der Waals surface area (Å²) in [6.07, 6.45) is 3.90. The van der Waals surface area contributed by atoms with Crippen LogP contribution in [0.4, 0.5) is 0 Å². The molecule has 1 saturated heterocycles. The molecule has 0 radical (unpaired) electrons. The Morgan fingerprint density at radius 1 is 1.58 bits per heavy atom. The van der Waals surface area contributed by atoms with E-state index in [1.54, 1.807) is 9.58 Å². The van der Waals surface area contributed by atoms with Crippen molar-refractivity contribution in [3.8, 4) is 0 Å². The summed E-state index contributed by atoms with van der Waals surface area (Å²) >= 11 is 0. The molecule has 0 saturated carbocycles. The minimum absolute atomic E-state index is 0.0982. The van der Waals surface area contributed by atoms with Crippen molar-refractivity contribution in [2.24, 2.45) is 7.05 Å². The molecule has 1 aliphatic rings. The normalized spacial score (nSPS) is 22.2. The smallest absolute Gasteiger partial charge is 0.240 e. The van der Waals surface area contributed by atoms with Crippen molar-refractivity contribution in [1.29, 1.82) is 0 Å². The van der Waals surface area contributed by atoms with E-state index in [1.165, 1.54) is 0 Å². The Labute approximate surface area is 114 Å². The molecule has 1 aliphatic heterocycles. The summed E-state index contributed by atoms with van der Waals surface area (Å²) in [5.41, 5.74) is 1.15. The van der Waals surface area contributed by atoms with Crippen LogP contribution >= 0.6 is 0 Å². The van der Waals surface area contributed by atoms with Crippen molar-refractivity contribution in [2.45, 2.75) is 19.0 Å². The summed E-state index contributed by atoms with van der Waals surface area (Å²) in [5, 5.41) is 7.52. The monoisotopic (exact) mass is 265 g/mol. The fourth-order valence-corrected chi connectivity index (χ4v) is 2.56. The highest BCUT2D eigenvalue weighted by atomic mass is 16.2. The average Bonchev–Trinajstić information content (AvgIpc) is 2.83. The van der Waals surface area contributed by atoms with Gasteiger partial charge in [-0.3, -0.25) is 14.4 Å². The van der Waals surface area contributed by atoms with Crippen LogP contribution in [0.2, 0.25) is 0 Å². The maximum Gasteiger partial charge on any atom is 0.240 e. The first kappa shape index (κ1) is 14.0. The number of carbonyl (C=O) groups is 1. The van der Waals surface area contributed by atoms with Crippen molar-refractivity contribution >= 4 is 5.91 Å². The predicted molar refractivity (Wildman–Crippen MR) is 73.7 cm³/mol. The molecule has 2 unspecified atom stereocenters. The first-order chi connectivity index (χ1) is 9.00. The van der Waals surface area contributed by atoms with Crippen molar-refractivity contribution in [1.82, 2.24) is 24.9 Å². The minimum Gasteiger partial charge on any atom is -0.347 e. The first-order valence-electron chi connectivity index (χ1n) is 6.67. The van der Waals surface area contributed by atoms with Gasteiger partial charge in [0.05, 0.1) is 6.20 Å². The fourth-order valence-electron chi connectivity index (χ4n) is 2.56. The molecule has 1 amide bonds. The number of hydrogen-bond acceptors (Lipinski definition) is 4. The molecule has 0 aliphatic carbocycles. The van der Waals surface area contributed by atoms with Crippen LogP contribution in [-0.2, 0) is 11.8 Å². The quantitative estimate of drug-likeness (QED) is 0.825. The Balaban J connectivity index is 2.17. The van der Waals surface area contributed by atoms with Gasteiger partial charge in [-0.25, -0.2) is 0 Å². The van der Waals surface area contributed by atoms with Gasteiger partial charge in [0.1, 0.15) is 6.04 Å². The van der Waals surface area contributed by atoms with Gasteiger partial charge in [0.2, 0.25) is 5.91 Å². The van der Waals surface area contributed by atoms with E-state index in [0.29, 0.717) is 6.54 Å². The third kappa shape index (κ3) is 2.96. The number of piperazine rings is 1. The molecular formula is C13H23N5O. The molecule has 1 aromatic heterocycles.